The van der Waals surface area contributed by atoms with Crippen molar-refractivity contribution in [3.8, 4) is 0 Å². The molecule has 0 aromatic heterocycles. The Morgan fingerprint density at radius 3 is 1.97 bits per heavy atom. The molecular weight excluding hydrogens is 532 g/mol. The second-order valence-electron chi connectivity index (χ2n) is 8.53. The van der Waals surface area contributed by atoms with Gasteiger partial charge in [-0.3, -0.25) is 28.6 Å². The molecule has 1 amide bonds. The number of nitrogens with zero attached hydrogens (tertiary/aromatic N) is 1. The van der Waals surface area contributed by atoms with Crippen molar-refractivity contribution in [1.82, 2.24) is 10.2 Å². The summed E-state index contributed by atoms with van der Waals surface area (Å²) in [6.45, 7) is 1.11. The van der Waals surface area contributed by atoms with Gasteiger partial charge in [-0.05, 0) is 37.5 Å². The SMILES string of the molecule is Cc1ccc(S(=O)(=O)O)cc1.O=C(O)CN(CC(=O)O)CC(=O)NCCCCCC(=O)OCc1ccccc1. The Morgan fingerprint density at radius 2 is 1.44 bits per heavy atom. The number of ether oxygens (including phenoxy) is 1. The molecule has 0 heterocycles. The average molecular weight is 567 g/mol. The van der Waals surface area contributed by atoms with Gasteiger partial charge in [-0.2, -0.15) is 8.42 Å². The third-order valence-corrected chi connectivity index (χ3v) is 5.89. The van der Waals surface area contributed by atoms with Gasteiger partial charge >= 0.3 is 17.9 Å². The highest BCUT2D eigenvalue weighted by atomic mass is 32.2. The van der Waals surface area contributed by atoms with Gasteiger partial charge in [-0.25, -0.2) is 0 Å². The lowest BCUT2D eigenvalue weighted by Gasteiger charge is -2.17. The number of esters is 1. The zero-order valence-electron chi connectivity index (χ0n) is 21.6. The van der Waals surface area contributed by atoms with Crippen molar-refractivity contribution in [3.05, 3.63) is 65.7 Å². The van der Waals surface area contributed by atoms with E-state index in [2.05, 4.69) is 5.32 Å². The highest BCUT2D eigenvalue weighted by molar-refractivity contribution is 7.85. The molecule has 0 saturated heterocycles. The molecule has 0 aliphatic heterocycles. The second-order valence-corrected chi connectivity index (χ2v) is 9.95. The molecule has 2 aromatic carbocycles. The number of unbranched alkanes of at least 4 members (excludes halogenated alkanes) is 2. The van der Waals surface area contributed by atoms with E-state index in [4.69, 9.17) is 19.5 Å². The predicted octanol–water partition coefficient (Wildman–Crippen LogP) is 2.12. The number of amides is 1. The van der Waals surface area contributed by atoms with Crippen LogP contribution in [0.25, 0.3) is 0 Å². The Bertz CT molecular complexity index is 1150. The second kappa shape index (κ2) is 17.7. The summed E-state index contributed by atoms with van der Waals surface area (Å²) in [7, 11) is -4.02. The molecule has 0 atom stereocenters. The Hall–Kier alpha value is -3.81. The van der Waals surface area contributed by atoms with Gasteiger partial charge in [0.05, 0.1) is 24.5 Å². The Labute approximate surface area is 227 Å². The first-order valence-electron chi connectivity index (χ1n) is 12.0. The molecule has 0 aliphatic carbocycles. The van der Waals surface area contributed by atoms with E-state index in [1.807, 2.05) is 37.3 Å². The van der Waals surface area contributed by atoms with Crippen LogP contribution in [0.5, 0.6) is 0 Å². The van der Waals surface area contributed by atoms with Gasteiger partial charge < -0.3 is 20.3 Å². The van der Waals surface area contributed by atoms with Gasteiger partial charge in [-0.15, -0.1) is 0 Å². The van der Waals surface area contributed by atoms with Crippen molar-refractivity contribution < 1.29 is 47.1 Å². The molecular formula is C26H34N2O10S. The highest BCUT2D eigenvalue weighted by Crippen LogP contribution is 2.08. The number of benzene rings is 2. The highest BCUT2D eigenvalue weighted by Gasteiger charge is 2.16. The number of hydrogen-bond donors (Lipinski definition) is 4. The molecule has 13 heteroatoms. The first-order chi connectivity index (χ1) is 18.4. The number of carbonyl (C=O) groups excluding carboxylic acids is 2. The van der Waals surface area contributed by atoms with Crippen molar-refractivity contribution >= 4 is 33.9 Å². The Morgan fingerprint density at radius 1 is 0.846 bits per heavy atom. The first-order valence-corrected chi connectivity index (χ1v) is 13.5. The molecule has 0 radical (unpaired) electrons. The number of rotatable bonds is 15. The summed E-state index contributed by atoms with van der Waals surface area (Å²) < 4.78 is 34.7. The maximum atomic E-state index is 11.8. The molecule has 0 saturated carbocycles. The quantitative estimate of drug-likeness (QED) is 0.140. The zero-order valence-corrected chi connectivity index (χ0v) is 22.4. The molecule has 12 nitrogen and oxygen atoms in total. The molecule has 2 aromatic rings. The first kappa shape index (κ1) is 33.2. The summed E-state index contributed by atoms with van der Waals surface area (Å²) in [6.07, 6.45) is 2.30. The van der Waals surface area contributed by atoms with E-state index in [1.165, 1.54) is 12.1 Å². The van der Waals surface area contributed by atoms with Crippen molar-refractivity contribution in [2.45, 2.75) is 44.1 Å². The summed E-state index contributed by atoms with van der Waals surface area (Å²) >= 11 is 0. The summed E-state index contributed by atoms with van der Waals surface area (Å²) in [6, 6.07) is 15.4. The molecule has 4 N–H and O–H groups in total. The maximum Gasteiger partial charge on any atom is 0.317 e. The lowest BCUT2D eigenvalue weighted by atomic mass is 10.2. The number of carboxylic acid groups (broad SMARTS) is 2. The standard InChI is InChI=1S/C19H26N2O7.C7H8O3S/c22-16(11-21(12-17(23)24)13-18(25)26)20-10-6-2-5-9-19(27)28-14-15-7-3-1-4-8-15;1-6-2-4-7(5-3-6)11(8,9)10/h1,3-4,7-8H,2,5-6,9-14H2,(H,20,22)(H,23,24)(H,25,26);2-5H,1H3,(H,8,9,10). The van der Waals surface area contributed by atoms with Crippen LogP contribution in [-0.4, -0.2) is 78.1 Å². The normalized spacial score (nSPS) is 10.7. The number of nitrogens with one attached hydrogen (secondary N) is 1. The minimum absolute atomic E-state index is 0.0666. The number of hydrogen-bond acceptors (Lipinski definition) is 8. The van der Waals surface area contributed by atoms with Gasteiger partial charge in [0, 0.05) is 13.0 Å². The van der Waals surface area contributed by atoms with Crippen molar-refractivity contribution in [3.63, 3.8) is 0 Å². The number of carboxylic acids is 2. The van der Waals surface area contributed by atoms with E-state index in [-0.39, 0.29) is 24.0 Å². The van der Waals surface area contributed by atoms with Crippen LogP contribution in [0, 0.1) is 6.92 Å². The van der Waals surface area contributed by atoms with Crippen molar-refractivity contribution in [1.29, 1.82) is 0 Å². The fraction of sp³-hybridized carbons (Fsp3) is 0.385. The van der Waals surface area contributed by atoms with E-state index in [0.717, 1.165) is 16.0 Å². The molecule has 2 rings (SSSR count). The van der Waals surface area contributed by atoms with Crippen LogP contribution in [0.4, 0.5) is 0 Å². The monoisotopic (exact) mass is 566 g/mol. The van der Waals surface area contributed by atoms with E-state index >= 15 is 0 Å². The van der Waals surface area contributed by atoms with E-state index in [0.29, 0.717) is 32.2 Å². The van der Waals surface area contributed by atoms with Crippen LogP contribution in [0.2, 0.25) is 0 Å². The minimum atomic E-state index is -4.02. The summed E-state index contributed by atoms with van der Waals surface area (Å²) in [5, 5.41) is 20.1. The van der Waals surface area contributed by atoms with Crippen LogP contribution in [0.1, 0.15) is 36.8 Å². The number of aliphatic carboxylic acids is 2. The summed E-state index contributed by atoms with van der Waals surface area (Å²) in [5.41, 5.74) is 1.89. The van der Waals surface area contributed by atoms with Gasteiger partial charge in [0.1, 0.15) is 6.61 Å². The topological polar surface area (TPSA) is 188 Å². The van der Waals surface area contributed by atoms with E-state index in [1.54, 1.807) is 12.1 Å². The van der Waals surface area contributed by atoms with Gasteiger partial charge in [0.25, 0.3) is 10.1 Å². The fourth-order valence-electron chi connectivity index (χ4n) is 3.13. The van der Waals surface area contributed by atoms with Crippen LogP contribution in [0.3, 0.4) is 0 Å². The molecule has 0 fully saturated rings. The molecule has 0 spiro atoms. The van der Waals surface area contributed by atoms with Crippen LogP contribution < -0.4 is 5.32 Å². The third-order valence-electron chi connectivity index (χ3n) is 5.03. The Kier molecular flexibility index (Phi) is 15.0. The lowest BCUT2D eigenvalue weighted by Crippen LogP contribution is -2.42. The molecule has 214 valence electrons. The van der Waals surface area contributed by atoms with E-state index in [9.17, 15) is 27.6 Å². The fourth-order valence-corrected chi connectivity index (χ4v) is 3.61. The largest absolute Gasteiger partial charge is 0.480 e. The van der Waals surface area contributed by atoms with Crippen LogP contribution in [-0.2, 0) is 40.6 Å². The van der Waals surface area contributed by atoms with E-state index < -0.39 is 41.1 Å². The van der Waals surface area contributed by atoms with Crippen LogP contribution >= 0.6 is 0 Å². The van der Waals surface area contributed by atoms with Crippen molar-refractivity contribution in [2.75, 3.05) is 26.2 Å². The molecule has 39 heavy (non-hydrogen) atoms. The maximum absolute atomic E-state index is 11.8. The smallest absolute Gasteiger partial charge is 0.317 e. The Balaban J connectivity index is 0.000000573. The predicted molar refractivity (Wildman–Crippen MR) is 140 cm³/mol. The van der Waals surface area contributed by atoms with Crippen molar-refractivity contribution in [2.24, 2.45) is 0 Å². The summed E-state index contributed by atoms with van der Waals surface area (Å²) in [4.78, 5) is 45.8. The zero-order chi connectivity index (χ0) is 29.3. The number of aryl methyl sites for hydroxylation is 1. The number of carbonyl (C=O) groups is 4. The van der Waals surface area contributed by atoms with Crippen LogP contribution in [0.15, 0.2) is 59.5 Å². The molecule has 0 aliphatic rings. The van der Waals surface area contributed by atoms with Gasteiger partial charge in [0.2, 0.25) is 5.91 Å². The summed E-state index contributed by atoms with van der Waals surface area (Å²) in [5.74, 6) is -3.11. The molecule has 0 unspecified atom stereocenters. The molecule has 0 bridgehead atoms. The van der Waals surface area contributed by atoms with Gasteiger partial charge in [-0.1, -0.05) is 54.4 Å². The lowest BCUT2D eigenvalue weighted by molar-refractivity contribution is -0.145. The third kappa shape index (κ3) is 16.6. The van der Waals surface area contributed by atoms with Gasteiger partial charge in [0.15, 0.2) is 0 Å². The average Bonchev–Trinajstić information content (AvgIpc) is 2.84. The minimum Gasteiger partial charge on any atom is -0.480 e.